The smallest absolute Gasteiger partial charge is 0.412 e. The maximum absolute atomic E-state index is 10.8. The van der Waals surface area contributed by atoms with E-state index in [2.05, 4.69) is 3.02 Å². The van der Waals surface area contributed by atoms with Crippen LogP contribution in [0.25, 0.3) is 0 Å². The van der Waals surface area contributed by atoms with Crippen molar-refractivity contribution in [2.75, 3.05) is 0 Å². The standard InChI is InChI=1S/C6H12O2.2H2O.Sb/c1-3-5(4-2)6(7)8;;;/h5H,3-4H2,1-2H3,(H,7,8);2*1H2;/q;;;+1/p-1. The second-order valence-corrected chi connectivity index (χ2v) is 2.44. The van der Waals surface area contributed by atoms with Gasteiger partial charge in [-0.05, 0) is 0 Å². The molecule has 0 unspecified atom stereocenters. The van der Waals surface area contributed by atoms with Crippen molar-refractivity contribution in [3.63, 3.8) is 0 Å². The number of carbonyl (C=O) groups excluding carboxylic acids is 1. The Morgan fingerprint density at radius 1 is 1.36 bits per heavy atom. The Bertz CT molecular complexity index is 92.6. The summed E-state index contributed by atoms with van der Waals surface area (Å²) in [5.41, 5.74) is 0. The summed E-state index contributed by atoms with van der Waals surface area (Å²) < 4.78 is 4.61. The molecule has 4 N–H and O–H groups in total. The zero-order valence-corrected chi connectivity index (χ0v) is 9.31. The quantitative estimate of drug-likeness (QED) is 0.642. The molecule has 0 rings (SSSR count). The van der Waals surface area contributed by atoms with Gasteiger partial charge < -0.3 is 11.0 Å². The molecule has 0 aromatic heterocycles. The van der Waals surface area contributed by atoms with Crippen LogP contribution >= 0.6 is 0 Å². The molecule has 0 aliphatic carbocycles. The fourth-order valence-corrected chi connectivity index (χ4v) is 1.12. The minimum absolute atomic E-state index is 0. The molecule has 68 valence electrons. The largest absolute Gasteiger partial charge is 0.412 e. The number of rotatable bonds is 3. The molecule has 0 aromatic carbocycles. The summed E-state index contributed by atoms with van der Waals surface area (Å²) in [5.74, 6) is 0.0579. The zero-order chi connectivity index (χ0) is 7.28. The van der Waals surface area contributed by atoms with E-state index in [9.17, 15) is 4.79 Å². The summed E-state index contributed by atoms with van der Waals surface area (Å²) in [7, 11) is 0. The van der Waals surface area contributed by atoms with E-state index in [1.54, 1.807) is 0 Å². The van der Waals surface area contributed by atoms with Crippen LogP contribution in [0, 0.1) is 5.92 Å². The Hall–Kier alpha value is 0.208. The van der Waals surface area contributed by atoms with Crippen LogP contribution < -0.4 is 0 Å². The maximum atomic E-state index is 10.8. The zero-order valence-electron chi connectivity index (χ0n) is 6.76. The van der Waals surface area contributed by atoms with E-state index < -0.39 is 0 Å². The van der Waals surface area contributed by atoms with Crippen molar-refractivity contribution >= 4 is 29.4 Å². The van der Waals surface area contributed by atoms with Crippen LogP contribution in [0.1, 0.15) is 26.7 Å². The van der Waals surface area contributed by atoms with Crippen molar-refractivity contribution in [1.82, 2.24) is 0 Å². The van der Waals surface area contributed by atoms with Crippen molar-refractivity contribution in [3.05, 3.63) is 0 Å². The molecule has 0 aliphatic heterocycles. The molecular weight excluding hydrogens is 258 g/mol. The second-order valence-electron chi connectivity index (χ2n) is 1.92. The number of carbonyl (C=O) groups is 1. The summed E-state index contributed by atoms with van der Waals surface area (Å²) in [6, 6.07) is 0. The summed E-state index contributed by atoms with van der Waals surface area (Å²) in [6.07, 6.45) is 1.77. The molecule has 0 heterocycles. The predicted octanol–water partition coefficient (Wildman–Crippen LogP) is -0.600. The van der Waals surface area contributed by atoms with Crippen molar-refractivity contribution in [1.29, 1.82) is 0 Å². The first-order valence-electron chi connectivity index (χ1n) is 3.11. The van der Waals surface area contributed by atoms with Crippen LogP contribution in [-0.2, 0) is 7.81 Å². The normalized spacial score (nSPS) is 8.00. The molecule has 2 radical (unpaired) electrons. The third kappa shape index (κ3) is 6.60. The van der Waals surface area contributed by atoms with Crippen molar-refractivity contribution in [2.24, 2.45) is 5.92 Å². The van der Waals surface area contributed by atoms with Gasteiger partial charge in [0, 0.05) is 0 Å². The molecular formula is C6H15O4Sb. The van der Waals surface area contributed by atoms with Gasteiger partial charge in [-0.3, -0.25) is 0 Å². The summed E-state index contributed by atoms with van der Waals surface area (Å²) in [5, 5.41) is 0. The third-order valence-corrected chi connectivity index (χ3v) is 1.92. The van der Waals surface area contributed by atoms with E-state index >= 15 is 0 Å². The van der Waals surface area contributed by atoms with Gasteiger partial charge in [0.15, 0.2) is 0 Å². The van der Waals surface area contributed by atoms with E-state index in [0.29, 0.717) is 0 Å². The maximum Gasteiger partial charge on any atom is -0.412 e. The molecule has 0 bridgehead atoms. The molecule has 0 saturated carbocycles. The average Bonchev–Trinajstić information content (AvgIpc) is 1.90. The molecule has 11 heavy (non-hydrogen) atoms. The SMILES string of the molecule is CCC(CC)C(=O)[O][Sb].O.O. The molecule has 0 aliphatic rings. The van der Waals surface area contributed by atoms with Crippen LogP contribution in [0.4, 0.5) is 0 Å². The van der Waals surface area contributed by atoms with E-state index in [-0.39, 0.29) is 22.8 Å². The molecule has 0 atom stereocenters. The van der Waals surface area contributed by atoms with Crippen LogP contribution in [-0.4, -0.2) is 40.4 Å². The Balaban J connectivity index is -0.000000320. The summed E-state index contributed by atoms with van der Waals surface area (Å²) in [6.45, 7) is 3.99. The van der Waals surface area contributed by atoms with Crippen molar-refractivity contribution in [2.45, 2.75) is 26.7 Å². The molecule has 0 amide bonds. The van der Waals surface area contributed by atoms with E-state index in [0.717, 1.165) is 36.3 Å². The van der Waals surface area contributed by atoms with Gasteiger partial charge in [-0.1, -0.05) is 0 Å². The molecule has 0 fully saturated rings. The predicted molar refractivity (Wildman–Crippen MR) is 43.1 cm³/mol. The van der Waals surface area contributed by atoms with Crippen LogP contribution in [0.5, 0.6) is 0 Å². The average molecular weight is 273 g/mol. The molecule has 0 saturated heterocycles. The summed E-state index contributed by atoms with van der Waals surface area (Å²) >= 11 is 1.11. The van der Waals surface area contributed by atoms with Gasteiger partial charge in [-0.25, -0.2) is 0 Å². The van der Waals surface area contributed by atoms with E-state index in [1.165, 1.54) is 0 Å². The fraction of sp³-hybridized carbons (Fsp3) is 0.833. The Morgan fingerprint density at radius 3 is 1.82 bits per heavy atom. The minimum Gasteiger partial charge on any atom is -0.412 e. The van der Waals surface area contributed by atoms with Gasteiger partial charge in [-0.2, -0.15) is 0 Å². The van der Waals surface area contributed by atoms with Gasteiger partial charge in [0.25, 0.3) is 0 Å². The second kappa shape index (κ2) is 10.2. The Labute approximate surface area is 81.0 Å². The van der Waals surface area contributed by atoms with Crippen LogP contribution in [0.3, 0.4) is 0 Å². The topological polar surface area (TPSA) is 89.3 Å². The van der Waals surface area contributed by atoms with Crippen LogP contribution in [0.15, 0.2) is 0 Å². The first kappa shape index (κ1) is 17.3. The Kier molecular flexibility index (Phi) is 16.1. The van der Waals surface area contributed by atoms with Gasteiger partial charge in [0.2, 0.25) is 0 Å². The molecule has 0 spiro atoms. The molecule has 4 nitrogen and oxygen atoms in total. The number of hydrogen-bond donors (Lipinski definition) is 0. The third-order valence-electron chi connectivity index (χ3n) is 1.41. The summed E-state index contributed by atoms with van der Waals surface area (Å²) in [4.78, 5) is 10.8. The van der Waals surface area contributed by atoms with Crippen LogP contribution in [0.2, 0.25) is 0 Å². The van der Waals surface area contributed by atoms with E-state index in [4.69, 9.17) is 0 Å². The van der Waals surface area contributed by atoms with Crippen molar-refractivity contribution in [3.8, 4) is 0 Å². The van der Waals surface area contributed by atoms with Gasteiger partial charge in [0.1, 0.15) is 0 Å². The van der Waals surface area contributed by atoms with Crippen molar-refractivity contribution < 1.29 is 18.8 Å². The Morgan fingerprint density at radius 2 is 1.73 bits per heavy atom. The first-order chi connectivity index (χ1) is 4.26. The van der Waals surface area contributed by atoms with E-state index in [1.807, 2.05) is 13.8 Å². The number of hydrogen-bond acceptors (Lipinski definition) is 2. The van der Waals surface area contributed by atoms with Gasteiger partial charge in [-0.15, -0.1) is 0 Å². The monoisotopic (exact) mass is 272 g/mol. The minimum atomic E-state index is -0.0611. The fourth-order valence-electron chi connectivity index (χ4n) is 0.697. The van der Waals surface area contributed by atoms with Gasteiger partial charge >= 0.3 is 69.8 Å². The van der Waals surface area contributed by atoms with Gasteiger partial charge in [0.05, 0.1) is 0 Å². The molecule has 0 aromatic rings. The molecule has 5 heteroatoms. The first-order valence-corrected chi connectivity index (χ1v) is 4.15.